The molecule has 4 nitrogen and oxygen atoms in total. The van der Waals surface area contributed by atoms with Crippen molar-refractivity contribution in [3.05, 3.63) is 25.3 Å². The van der Waals surface area contributed by atoms with Crippen LogP contribution >= 0.6 is 0 Å². The van der Waals surface area contributed by atoms with Gasteiger partial charge in [-0.15, -0.1) is 13.2 Å². The highest BCUT2D eigenvalue weighted by Gasteiger charge is 2.47. The van der Waals surface area contributed by atoms with Crippen LogP contribution in [0.25, 0.3) is 0 Å². The fourth-order valence-electron chi connectivity index (χ4n) is 2.32. The molecule has 4 atom stereocenters. The first-order valence-corrected chi connectivity index (χ1v) is 6.85. The standard InChI is InChI=1S/C15H26O4/c1-5-7-9-11(16)13-14(12(17)10-8-6-2)19-15(3,4)18-13/h5-6,11-14,16-17H,1-2,7-10H2,3-4H3/t11-,12-,13+,14+/m1/s1. The Morgan fingerprint density at radius 1 is 1.00 bits per heavy atom. The van der Waals surface area contributed by atoms with Crippen LogP contribution in [0.15, 0.2) is 25.3 Å². The Morgan fingerprint density at radius 2 is 1.37 bits per heavy atom. The lowest BCUT2D eigenvalue weighted by Crippen LogP contribution is -2.42. The minimum atomic E-state index is -0.778. The van der Waals surface area contributed by atoms with Gasteiger partial charge in [0.2, 0.25) is 0 Å². The smallest absolute Gasteiger partial charge is 0.164 e. The second-order valence-electron chi connectivity index (χ2n) is 5.43. The van der Waals surface area contributed by atoms with Crippen LogP contribution in [-0.2, 0) is 9.47 Å². The van der Waals surface area contributed by atoms with Gasteiger partial charge in [0, 0.05) is 0 Å². The first-order valence-electron chi connectivity index (χ1n) is 6.85. The summed E-state index contributed by atoms with van der Waals surface area (Å²) in [6, 6.07) is 0. The fourth-order valence-corrected chi connectivity index (χ4v) is 2.32. The van der Waals surface area contributed by atoms with Gasteiger partial charge < -0.3 is 19.7 Å². The first kappa shape index (κ1) is 16.4. The van der Waals surface area contributed by atoms with Crippen molar-refractivity contribution in [2.45, 2.75) is 69.7 Å². The number of aliphatic hydroxyl groups excluding tert-OH is 2. The number of aliphatic hydroxyl groups is 2. The predicted molar refractivity (Wildman–Crippen MR) is 74.7 cm³/mol. The summed E-state index contributed by atoms with van der Waals surface area (Å²) in [6.07, 6.45) is 3.70. The second-order valence-corrected chi connectivity index (χ2v) is 5.43. The molecule has 2 N–H and O–H groups in total. The zero-order valence-electron chi connectivity index (χ0n) is 11.9. The molecule has 0 spiro atoms. The van der Waals surface area contributed by atoms with E-state index in [2.05, 4.69) is 13.2 Å². The van der Waals surface area contributed by atoms with Gasteiger partial charge in [-0.1, -0.05) is 12.2 Å². The van der Waals surface area contributed by atoms with Crippen LogP contribution in [0, 0.1) is 0 Å². The van der Waals surface area contributed by atoms with Gasteiger partial charge in [-0.3, -0.25) is 0 Å². The minimum absolute atomic E-state index is 0.505. The maximum atomic E-state index is 10.2. The maximum Gasteiger partial charge on any atom is 0.164 e. The molecule has 1 heterocycles. The molecular formula is C15H26O4. The average Bonchev–Trinajstić information content (AvgIpc) is 2.69. The molecule has 1 aliphatic heterocycles. The van der Waals surface area contributed by atoms with E-state index in [0.717, 1.165) is 0 Å². The van der Waals surface area contributed by atoms with Crippen molar-refractivity contribution in [2.24, 2.45) is 0 Å². The molecule has 0 radical (unpaired) electrons. The van der Waals surface area contributed by atoms with Crippen molar-refractivity contribution in [1.29, 1.82) is 0 Å². The molecule has 0 amide bonds. The Balaban J connectivity index is 2.68. The first-order chi connectivity index (χ1) is 8.91. The van der Waals surface area contributed by atoms with E-state index in [-0.39, 0.29) is 0 Å². The van der Waals surface area contributed by atoms with Crippen LogP contribution in [0.1, 0.15) is 39.5 Å². The summed E-state index contributed by atoms with van der Waals surface area (Å²) in [7, 11) is 0. The van der Waals surface area contributed by atoms with Gasteiger partial charge in [-0.05, 0) is 39.5 Å². The molecule has 1 rings (SSSR count). The van der Waals surface area contributed by atoms with Gasteiger partial charge in [0.15, 0.2) is 5.79 Å². The SMILES string of the molecule is C=CCC[C@@H](O)[C@@H]1OC(C)(C)O[C@H]1[C@H](O)CCC=C. The van der Waals surface area contributed by atoms with Gasteiger partial charge in [-0.2, -0.15) is 0 Å². The van der Waals surface area contributed by atoms with Crippen molar-refractivity contribution in [3.8, 4) is 0 Å². The molecule has 4 heteroatoms. The van der Waals surface area contributed by atoms with Crippen LogP contribution in [0.2, 0.25) is 0 Å². The molecule has 0 aromatic carbocycles. The number of hydrogen-bond donors (Lipinski definition) is 2. The van der Waals surface area contributed by atoms with Gasteiger partial charge >= 0.3 is 0 Å². The molecule has 0 aromatic heterocycles. The van der Waals surface area contributed by atoms with Crippen molar-refractivity contribution in [3.63, 3.8) is 0 Å². The van der Waals surface area contributed by atoms with E-state index in [9.17, 15) is 10.2 Å². The van der Waals surface area contributed by atoms with E-state index in [1.807, 2.05) is 0 Å². The molecule has 0 unspecified atom stereocenters. The topological polar surface area (TPSA) is 58.9 Å². The summed E-state index contributed by atoms with van der Waals surface area (Å²) >= 11 is 0. The third-order valence-corrected chi connectivity index (χ3v) is 3.26. The molecular weight excluding hydrogens is 244 g/mol. The highest BCUT2D eigenvalue weighted by atomic mass is 16.8. The van der Waals surface area contributed by atoms with E-state index >= 15 is 0 Å². The van der Waals surface area contributed by atoms with Crippen LogP contribution in [-0.4, -0.2) is 40.4 Å². The van der Waals surface area contributed by atoms with Crippen molar-refractivity contribution in [1.82, 2.24) is 0 Å². The molecule has 1 saturated heterocycles. The van der Waals surface area contributed by atoms with Crippen molar-refractivity contribution in [2.75, 3.05) is 0 Å². The Kier molecular flexibility index (Phi) is 6.20. The third-order valence-electron chi connectivity index (χ3n) is 3.26. The number of ether oxygens (including phenoxy) is 2. The molecule has 0 bridgehead atoms. The fraction of sp³-hybridized carbons (Fsp3) is 0.733. The van der Waals surface area contributed by atoms with E-state index in [0.29, 0.717) is 25.7 Å². The minimum Gasteiger partial charge on any atom is -0.390 e. The van der Waals surface area contributed by atoms with E-state index in [1.165, 1.54) is 0 Å². The summed E-state index contributed by atoms with van der Waals surface area (Å²) < 4.78 is 11.5. The summed E-state index contributed by atoms with van der Waals surface area (Å²) in [6.45, 7) is 10.9. The Labute approximate surface area is 115 Å². The summed E-state index contributed by atoms with van der Waals surface area (Å²) in [4.78, 5) is 0. The number of rotatable bonds is 8. The van der Waals surface area contributed by atoms with Crippen LogP contribution < -0.4 is 0 Å². The second kappa shape index (κ2) is 7.20. The molecule has 1 fully saturated rings. The van der Waals surface area contributed by atoms with E-state index in [1.54, 1.807) is 26.0 Å². The maximum absolute atomic E-state index is 10.2. The highest BCUT2D eigenvalue weighted by molar-refractivity contribution is 4.92. The largest absolute Gasteiger partial charge is 0.390 e. The summed E-state index contributed by atoms with van der Waals surface area (Å²) in [5.74, 6) is -0.778. The van der Waals surface area contributed by atoms with Crippen LogP contribution in [0.3, 0.4) is 0 Å². The van der Waals surface area contributed by atoms with Gasteiger partial charge in [0.1, 0.15) is 12.2 Å². The molecule has 0 aromatic rings. The third kappa shape index (κ3) is 4.73. The van der Waals surface area contributed by atoms with E-state index in [4.69, 9.17) is 9.47 Å². The van der Waals surface area contributed by atoms with Crippen molar-refractivity contribution < 1.29 is 19.7 Å². The van der Waals surface area contributed by atoms with Crippen LogP contribution in [0.4, 0.5) is 0 Å². The summed E-state index contributed by atoms with van der Waals surface area (Å²) in [5, 5.41) is 20.3. The monoisotopic (exact) mass is 270 g/mol. The average molecular weight is 270 g/mol. The molecule has 19 heavy (non-hydrogen) atoms. The highest BCUT2D eigenvalue weighted by Crippen LogP contribution is 2.33. The lowest BCUT2D eigenvalue weighted by atomic mass is 9.97. The zero-order chi connectivity index (χ0) is 14.5. The van der Waals surface area contributed by atoms with Crippen LogP contribution in [0.5, 0.6) is 0 Å². The van der Waals surface area contributed by atoms with Crippen molar-refractivity contribution >= 4 is 0 Å². The van der Waals surface area contributed by atoms with E-state index < -0.39 is 30.2 Å². The Hall–Kier alpha value is -0.680. The summed E-state index contributed by atoms with van der Waals surface area (Å²) in [5.41, 5.74) is 0. The Bertz CT molecular complexity index is 273. The molecule has 0 saturated carbocycles. The lowest BCUT2D eigenvalue weighted by Gasteiger charge is -2.25. The van der Waals surface area contributed by atoms with Gasteiger partial charge in [0.25, 0.3) is 0 Å². The zero-order valence-corrected chi connectivity index (χ0v) is 11.9. The molecule has 1 aliphatic rings. The normalized spacial score (nSPS) is 28.8. The number of hydrogen-bond acceptors (Lipinski definition) is 4. The number of allylic oxidation sites excluding steroid dienone is 2. The molecule has 110 valence electrons. The molecule has 0 aliphatic carbocycles. The van der Waals surface area contributed by atoms with Gasteiger partial charge in [0.05, 0.1) is 12.2 Å². The van der Waals surface area contributed by atoms with Gasteiger partial charge in [-0.25, -0.2) is 0 Å². The quantitative estimate of drug-likeness (QED) is 0.664. The lowest BCUT2D eigenvalue weighted by molar-refractivity contribution is -0.161. The predicted octanol–water partition coefficient (Wildman–Crippen LogP) is 2.16. The Morgan fingerprint density at radius 3 is 1.68 bits per heavy atom.